The molecule has 0 unspecified atom stereocenters. The molecule has 0 atom stereocenters. The van der Waals surface area contributed by atoms with Crippen molar-refractivity contribution < 1.29 is 14.0 Å². The van der Waals surface area contributed by atoms with Gasteiger partial charge in [-0.1, -0.05) is 51.1 Å². The van der Waals surface area contributed by atoms with E-state index in [9.17, 15) is 4.79 Å². The lowest BCUT2D eigenvalue weighted by Crippen LogP contribution is -2.40. The molecule has 3 rings (SSSR count). The number of methoxy groups -OCH3 is 1. The molecule has 200 valence electrons. The summed E-state index contributed by atoms with van der Waals surface area (Å²) in [5.74, 6) is 1.41. The van der Waals surface area contributed by atoms with Crippen molar-refractivity contribution in [2.75, 3.05) is 7.11 Å². The number of hydrogen-bond acceptors (Lipinski definition) is 7. The van der Waals surface area contributed by atoms with Gasteiger partial charge in [-0.15, -0.1) is 10.2 Å². The molecule has 8 nitrogen and oxygen atoms in total. The molecular formula is C28H41N5O3Si. The molecule has 0 aliphatic rings. The number of rotatable bonds is 12. The second-order valence-corrected chi connectivity index (χ2v) is 15.7. The molecule has 0 amide bonds. The van der Waals surface area contributed by atoms with Gasteiger partial charge in [-0.3, -0.25) is 4.98 Å². The van der Waals surface area contributed by atoms with Crippen LogP contribution in [-0.2, 0) is 41.8 Å². The number of carbonyl (C=O) groups excluding carboxylic acids is 1. The summed E-state index contributed by atoms with van der Waals surface area (Å²) in [7, 11) is -0.566. The molecule has 2 heterocycles. The Hall–Kier alpha value is -2.88. The molecule has 0 radical (unpaired) electrons. The summed E-state index contributed by atoms with van der Waals surface area (Å²) in [6.07, 6.45) is 2.02. The molecule has 9 heteroatoms. The number of pyridine rings is 1. The van der Waals surface area contributed by atoms with E-state index in [1.165, 1.54) is 12.7 Å². The van der Waals surface area contributed by atoms with Crippen LogP contribution in [-0.4, -0.2) is 41.1 Å². The number of aryl methyl sites for hydroxylation is 2. The van der Waals surface area contributed by atoms with Crippen molar-refractivity contribution in [1.29, 1.82) is 0 Å². The minimum atomic E-state index is -1.95. The lowest BCUT2D eigenvalue weighted by Gasteiger charge is -2.36. The molecule has 0 saturated carbocycles. The normalized spacial score (nSPS) is 12.1. The molecular weight excluding hydrogens is 482 g/mol. The van der Waals surface area contributed by atoms with Crippen LogP contribution in [0.1, 0.15) is 66.2 Å². The van der Waals surface area contributed by atoms with E-state index in [1.54, 1.807) is 12.1 Å². The Labute approximate surface area is 222 Å². The lowest BCUT2D eigenvalue weighted by atomic mass is 10.1. The third kappa shape index (κ3) is 8.05. The van der Waals surface area contributed by atoms with Gasteiger partial charge in [-0.05, 0) is 55.6 Å². The van der Waals surface area contributed by atoms with Gasteiger partial charge in [0.15, 0.2) is 8.32 Å². The van der Waals surface area contributed by atoms with E-state index in [0.29, 0.717) is 25.3 Å². The fourth-order valence-electron chi connectivity index (χ4n) is 3.76. The Morgan fingerprint density at radius 1 is 1.05 bits per heavy atom. The van der Waals surface area contributed by atoms with Crippen molar-refractivity contribution in [3.05, 3.63) is 76.6 Å². The molecule has 37 heavy (non-hydrogen) atoms. The fraction of sp³-hybridized carbons (Fsp3) is 0.500. The van der Waals surface area contributed by atoms with Gasteiger partial charge in [0, 0.05) is 13.1 Å². The summed E-state index contributed by atoms with van der Waals surface area (Å²) in [6.45, 7) is 15.3. The molecule has 0 fully saturated rings. The minimum Gasteiger partial charge on any atom is -0.465 e. The lowest BCUT2D eigenvalue weighted by molar-refractivity contribution is 0.0600. The highest BCUT2D eigenvalue weighted by Crippen LogP contribution is 2.37. The van der Waals surface area contributed by atoms with Crippen LogP contribution in [0.4, 0.5) is 0 Å². The van der Waals surface area contributed by atoms with E-state index < -0.39 is 8.32 Å². The fourth-order valence-corrected chi connectivity index (χ4v) is 4.70. The van der Waals surface area contributed by atoms with Gasteiger partial charge in [0.05, 0.1) is 37.2 Å². The molecule has 0 spiro atoms. The quantitative estimate of drug-likeness (QED) is 0.257. The van der Waals surface area contributed by atoms with Gasteiger partial charge < -0.3 is 19.0 Å². The first-order chi connectivity index (χ1) is 17.5. The van der Waals surface area contributed by atoms with Crippen LogP contribution >= 0.6 is 0 Å². The molecule has 0 bridgehead atoms. The largest absolute Gasteiger partial charge is 0.465 e. The van der Waals surface area contributed by atoms with E-state index in [4.69, 9.17) is 14.1 Å². The zero-order valence-corrected chi connectivity index (χ0v) is 24.3. The molecule has 2 aromatic heterocycles. The average Bonchev–Trinajstić information content (AvgIpc) is 3.21. The van der Waals surface area contributed by atoms with Gasteiger partial charge in [0.1, 0.15) is 11.6 Å². The first-order valence-corrected chi connectivity index (χ1v) is 15.8. The minimum absolute atomic E-state index is 0.0898. The Balaban J connectivity index is 1.64. The summed E-state index contributed by atoms with van der Waals surface area (Å²) >= 11 is 0. The summed E-state index contributed by atoms with van der Waals surface area (Å²) in [5.41, 5.74) is 3.29. The van der Waals surface area contributed by atoms with Gasteiger partial charge in [0.2, 0.25) is 0 Å². The Kier molecular flexibility index (Phi) is 9.75. The van der Waals surface area contributed by atoms with Crippen LogP contribution in [0.15, 0.2) is 42.5 Å². The third-order valence-corrected chi connectivity index (χ3v) is 11.5. The Morgan fingerprint density at radius 3 is 2.43 bits per heavy atom. The van der Waals surface area contributed by atoms with E-state index in [0.717, 1.165) is 42.4 Å². The second-order valence-electron chi connectivity index (χ2n) is 10.9. The highest BCUT2D eigenvalue weighted by atomic mass is 28.4. The van der Waals surface area contributed by atoms with E-state index >= 15 is 0 Å². The van der Waals surface area contributed by atoms with E-state index in [1.807, 2.05) is 13.0 Å². The van der Waals surface area contributed by atoms with Crippen LogP contribution in [0.3, 0.4) is 0 Å². The summed E-state index contributed by atoms with van der Waals surface area (Å²) in [4.78, 5) is 17.1. The average molecular weight is 524 g/mol. The number of hydrogen-bond donors (Lipinski definition) is 1. The topological polar surface area (TPSA) is 91.2 Å². The van der Waals surface area contributed by atoms with Gasteiger partial charge in [0.25, 0.3) is 0 Å². The van der Waals surface area contributed by atoms with Crippen molar-refractivity contribution in [2.45, 2.75) is 84.9 Å². The maximum atomic E-state index is 12.3. The monoisotopic (exact) mass is 523 g/mol. The van der Waals surface area contributed by atoms with Gasteiger partial charge in [-0.25, -0.2) is 4.79 Å². The smallest absolute Gasteiger partial charge is 0.337 e. The number of benzene rings is 1. The molecule has 0 saturated heterocycles. The van der Waals surface area contributed by atoms with Crippen molar-refractivity contribution in [2.24, 2.45) is 0 Å². The van der Waals surface area contributed by atoms with Gasteiger partial charge >= 0.3 is 5.97 Å². The molecule has 3 aromatic rings. The van der Waals surface area contributed by atoms with E-state index in [-0.39, 0.29) is 11.0 Å². The van der Waals surface area contributed by atoms with Crippen LogP contribution in [0.25, 0.3) is 0 Å². The number of esters is 1. The van der Waals surface area contributed by atoms with Crippen molar-refractivity contribution in [3.8, 4) is 0 Å². The molecule has 1 N–H and O–H groups in total. The standard InChI is InChI=1S/C28H41N5O3Si/c1-21-31-32-26(33(21)15-11-14-22-12-9-8-10-13-22)19-29-18-24-16-23(27(34)35-5)17-25(30-24)20-36-37(6,7)28(2,3)4/h8-10,12-13,16-17,29H,11,14-15,18-20H2,1-7H3. The second kappa shape index (κ2) is 12.6. The predicted molar refractivity (Wildman–Crippen MR) is 148 cm³/mol. The predicted octanol–water partition coefficient (Wildman–Crippen LogP) is 5.21. The molecule has 1 aromatic carbocycles. The van der Waals surface area contributed by atoms with Gasteiger partial charge in [-0.2, -0.15) is 0 Å². The number of nitrogens with one attached hydrogen (secondary N) is 1. The first kappa shape index (κ1) is 28.7. The number of nitrogens with zero attached hydrogens (tertiary/aromatic N) is 4. The Bertz CT molecular complexity index is 1170. The van der Waals surface area contributed by atoms with Crippen LogP contribution in [0.2, 0.25) is 18.1 Å². The van der Waals surface area contributed by atoms with Crippen LogP contribution < -0.4 is 5.32 Å². The maximum Gasteiger partial charge on any atom is 0.337 e. The van der Waals surface area contributed by atoms with Crippen molar-refractivity contribution >= 4 is 14.3 Å². The number of ether oxygens (including phenoxy) is 1. The van der Waals surface area contributed by atoms with Crippen LogP contribution in [0, 0.1) is 6.92 Å². The highest BCUT2D eigenvalue weighted by molar-refractivity contribution is 6.74. The maximum absolute atomic E-state index is 12.3. The first-order valence-electron chi connectivity index (χ1n) is 12.9. The number of aromatic nitrogens is 4. The van der Waals surface area contributed by atoms with E-state index in [2.05, 4.69) is 78.2 Å². The molecule has 0 aliphatic heterocycles. The van der Waals surface area contributed by atoms with Crippen molar-refractivity contribution in [1.82, 2.24) is 25.1 Å². The summed E-state index contributed by atoms with van der Waals surface area (Å²) < 4.78 is 13.5. The summed E-state index contributed by atoms with van der Waals surface area (Å²) in [5, 5.41) is 12.2. The van der Waals surface area contributed by atoms with Crippen LogP contribution in [0.5, 0.6) is 0 Å². The third-order valence-electron chi connectivity index (χ3n) is 7.03. The summed E-state index contributed by atoms with van der Waals surface area (Å²) in [6, 6.07) is 14.0. The van der Waals surface area contributed by atoms with Crippen molar-refractivity contribution in [3.63, 3.8) is 0 Å². The zero-order valence-electron chi connectivity index (χ0n) is 23.3. The SMILES string of the molecule is COC(=O)c1cc(CNCc2nnc(C)n2CCCc2ccccc2)nc(CO[Si](C)(C)C(C)(C)C)c1. The number of carbonyl (C=O) groups is 1. The molecule has 0 aliphatic carbocycles. The highest BCUT2D eigenvalue weighted by Gasteiger charge is 2.37. The zero-order chi connectivity index (χ0) is 27.1. The Morgan fingerprint density at radius 2 is 1.76 bits per heavy atom.